The highest BCUT2D eigenvalue weighted by Gasteiger charge is 2.16. The molecule has 8 heteroatoms. The van der Waals surface area contributed by atoms with Crippen molar-refractivity contribution >= 4 is 21.6 Å². The second kappa shape index (κ2) is 7.41. The maximum atomic E-state index is 13.6. The Kier molecular flexibility index (Phi) is 5.53. The predicted molar refractivity (Wildman–Crippen MR) is 87.5 cm³/mol. The molecule has 0 heterocycles. The fourth-order valence-electron chi connectivity index (χ4n) is 1.88. The number of sulfonamides is 1. The van der Waals surface area contributed by atoms with E-state index < -0.39 is 21.7 Å². The molecule has 0 fully saturated rings. The lowest BCUT2D eigenvalue weighted by atomic mass is 10.2. The van der Waals surface area contributed by atoms with Gasteiger partial charge in [-0.25, -0.2) is 18.3 Å². The topological polar surface area (TPSA) is 84.5 Å². The lowest BCUT2D eigenvalue weighted by molar-refractivity contribution is 0.0364. The lowest BCUT2D eigenvalue weighted by Gasteiger charge is -2.10. The van der Waals surface area contributed by atoms with E-state index in [-0.39, 0.29) is 16.1 Å². The van der Waals surface area contributed by atoms with Crippen LogP contribution in [-0.2, 0) is 14.9 Å². The number of aryl methyl sites for hydroxylation is 1. The van der Waals surface area contributed by atoms with Gasteiger partial charge in [0, 0.05) is 11.3 Å². The first kappa shape index (κ1) is 17.9. The monoisotopic (exact) mass is 352 g/mol. The molecule has 0 spiro atoms. The molecule has 0 atom stereocenters. The molecule has 1 amide bonds. The van der Waals surface area contributed by atoms with E-state index >= 15 is 0 Å². The van der Waals surface area contributed by atoms with Gasteiger partial charge in [0.15, 0.2) is 0 Å². The summed E-state index contributed by atoms with van der Waals surface area (Å²) in [6.45, 7) is 3.56. The third kappa shape index (κ3) is 4.30. The summed E-state index contributed by atoms with van der Waals surface area (Å²) in [7, 11) is -3.96. The van der Waals surface area contributed by atoms with Crippen LogP contribution in [0.15, 0.2) is 47.4 Å². The molecule has 0 saturated carbocycles. The lowest BCUT2D eigenvalue weighted by Crippen LogP contribution is -2.23. The minimum Gasteiger partial charge on any atom is -0.280 e. The second-order valence-electron chi connectivity index (χ2n) is 4.96. The largest absolute Gasteiger partial charge is 0.280 e. The van der Waals surface area contributed by atoms with E-state index in [4.69, 9.17) is 4.84 Å². The zero-order valence-electron chi connectivity index (χ0n) is 13.2. The maximum Gasteiger partial charge on any atom is 0.274 e. The van der Waals surface area contributed by atoms with E-state index in [9.17, 15) is 17.6 Å². The summed E-state index contributed by atoms with van der Waals surface area (Å²) in [5.41, 5.74) is 2.97. The highest BCUT2D eigenvalue weighted by Crippen LogP contribution is 2.19. The van der Waals surface area contributed by atoms with Gasteiger partial charge in [0.1, 0.15) is 5.82 Å². The van der Waals surface area contributed by atoms with Crippen molar-refractivity contribution in [3.05, 3.63) is 59.4 Å². The van der Waals surface area contributed by atoms with Gasteiger partial charge in [0.2, 0.25) is 0 Å². The average Bonchev–Trinajstić information content (AvgIpc) is 2.54. The highest BCUT2D eigenvalue weighted by molar-refractivity contribution is 7.92. The fourth-order valence-corrected chi connectivity index (χ4v) is 2.94. The second-order valence-corrected chi connectivity index (χ2v) is 6.64. The van der Waals surface area contributed by atoms with Gasteiger partial charge in [0.25, 0.3) is 15.9 Å². The Morgan fingerprint density at radius 2 is 1.96 bits per heavy atom. The number of carbonyl (C=O) groups excluding carboxylic acids is 1. The predicted octanol–water partition coefficient (Wildman–Crippen LogP) is 2.62. The first-order valence-electron chi connectivity index (χ1n) is 7.14. The quantitative estimate of drug-likeness (QED) is 0.783. The molecule has 0 aliphatic rings. The maximum absolute atomic E-state index is 13.6. The number of amides is 1. The van der Waals surface area contributed by atoms with Crippen molar-refractivity contribution in [2.75, 3.05) is 11.3 Å². The molecule has 0 saturated heterocycles. The summed E-state index contributed by atoms with van der Waals surface area (Å²) in [4.78, 5) is 16.4. The SMILES string of the molecule is CCONC(=O)c1cccc(NS(=O)(=O)c2ccc(C)c(F)c2)c1. The van der Waals surface area contributed by atoms with Gasteiger partial charge in [-0.05, 0) is 49.7 Å². The van der Waals surface area contributed by atoms with E-state index in [0.29, 0.717) is 12.2 Å². The van der Waals surface area contributed by atoms with Crippen molar-refractivity contribution in [2.45, 2.75) is 18.7 Å². The summed E-state index contributed by atoms with van der Waals surface area (Å²) < 4.78 is 40.5. The third-order valence-electron chi connectivity index (χ3n) is 3.14. The van der Waals surface area contributed by atoms with E-state index in [1.165, 1.54) is 36.4 Å². The van der Waals surface area contributed by atoms with Crippen molar-refractivity contribution in [2.24, 2.45) is 0 Å². The molecule has 2 aromatic carbocycles. The standard InChI is InChI=1S/C16H17FN2O4S/c1-3-23-18-16(20)12-5-4-6-13(9-12)19-24(21,22)14-8-7-11(2)15(17)10-14/h4-10,19H,3H2,1-2H3,(H,18,20). The molecule has 24 heavy (non-hydrogen) atoms. The number of benzene rings is 2. The van der Waals surface area contributed by atoms with Crippen LogP contribution in [0.4, 0.5) is 10.1 Å². The van der Waals surface area contributed by atoms with Gasteiger partial charge in [-0.2, -0.15) is 0 Å². The van der Waals surface area contributed by atoms with Crippen LogP contribution in [0, 0.1) is 12.7 Å². The summed E-state index contributed by atoms with van der Waals surface area (Å²) in [5.74, 6) is -1.11. The van der Waals surface area contributed by atoms with Gasteiger partial charge in [0.05, 0.1) is 11.5 Å². The molecule has 0 unspecified atom stereocenters. The summed E-state index contributed by atoms with van der Waals surface area (Å²) >= 11 is 0. The number of halogens is 1. The van der Waals surface area contributed by atoms with Crippen LogP contribution in [0.3, 0.4) is 0 Å². The van der Waals surface area contributed by atoms with Gasteiger partial charge in [-0.15, -0.1) is 0 Å². The molecule has 2 rings (SSSR count). The zero-order valence-corrected chi connectivity index (χ0v) is 14.0. The zero-order chi connectivity index (χ0) is 17.7. The molecule has 6 nitrogen and oxygen atoms in total. The number of hydrogen-bond acceptors (Lipinski definition) is 4. The summed E-state index contributed by atoms with van der Waals surface area (Å²) in [6, 6.07) is 9.52. The van der Waals surface area contributed by atoms with E-state index in [2.05, 4.69) is 10.2 Å². The Morgan fingerprint density at radius 3 is 2.62 bits per heavy atom. The smallest absolute Gasteiger partial charge is 0.274 e. The molecule has 0 radical (unpaired) electrons. The molecule has 128 valence electrons. The van der Waals surface area contributed by atoms with Crippen LogP contribution in [0.25, 0.3) is 0 Å². The van der Waals surface area contributed by atoms with Gasteiger partial charge >= 0.3 is 0 Å². The van der Waals surface area contributed by atoms with Crippen molar-refractivity contribution < 1.29 is 22.4 Å². The van der Waals surface area contributed by atoms with Crippen molar-refractivity contribution in [3.8, 4) is 0 Å². The normalized spacial score (nSPS) is 11.1. The minimum atomic E-state index is -3.96. The number of hydroxylamine groups is 1. The number of anilines is 1. The van der Waals surface area contributed by atoms with E-state index in [0.717, 1.165) is 6.07 Å². The van der Waals surface area contributed by atoms with Crippen LogP contribution in [0.1, 0.15) is 22.8 Å². The van der Waals surface area contributed by atoms with Crippen LogP contribution in [-0.4, -0.2) is 20.9 Å². The van der Waals surface area contributed by atoms with Crippen LogP contribution < -0.4 is 10.2 Å². The van der Waals surface area contributed by atoms with E-state index in [1.54, 1.807) is 13.8 Å². The Hall–Kier alpha value is -2.45. The van der Waals surface area contributed by atoms with Crippen LogP contribution in [0.2, 0.25) is 0 Å². The molecule has 0 aromatic heterocycles. The molecule has 2 N–H and O–H groups in total. The minimum absolute atomic E-state index is 0.181. The Morgan fingerprint density at radius 1 is 1.21 bits per heavy atom. The van der Waals surface area contributed by atoms with Crippen molar-refractivity contribution in [1.82, 2.24) is 5.48 Å². The van der Waals surface area contributed by atoms with Crippen LogP contribution in [0.5, 0.6) is 0 Å². The number of rotatable bonds is 6. The third-order valence-corrected chi connectivity index (χ3v) is 4.52. The summed E-state index contributed by atoms with van der Waals surface area (Å²) in [5, 5.41) is 0. The highest BCUT2D eigenvalue weighted by atomic mass is 32.2. The van der Waals surface area contributed by atoms with Crippen molar-refractivity contribution in [1.29, 1.82) is 0 Å². The number of carbonyl (C=O) groups is 1. The Labute approximate surface area is 139 Å². The summed E-state index contributed by atoms with van der Waals surface area (Å²) in [6.07, 6.45) is 0. The Balaban J connectivity index is 2.23. The molecule has 0 aliphatic carbocycles. The fraction of sp³-hybridized carbons (Fsp3) is 0.188. The molecule has 0 aliphatic heterocycles. The van der Waals surface area contributed by atoms with Gasteiger partial charge < -0.3 is 0 Å². The van der Waals surface area contributed by atoms with E-state index in [1.807, 2.05) is 0 Å². The molecular formula is C16H17FN2O4S. The first-order valence-corrected chi connectivity index (χ1v) is 8.63. The molecule has 2 aromatic rings. The number of nitrogens with one attached hydrogen (secondary N) is 2. The molecular weight excluding hydrogens is 335 g/mol. The molecule has 0 bridgehead atoms. The first-order chi connectivity index (χ1) is 11.3. The van der Waals surface area contributed by atoms with Gasteiger partial charge in [-0.3, -0.25) is 14.4 Å². The van der Waals surface area contributed by atoms with Crippen molar-refractivity contribution in [3.63, 3.8) is 0 Å². The number of hydrogen-bond donors (Lipinski definition) is 2. The van der Waals surface area contributed by atoms with Gasteiger partial charge in [-0.1, -0.05) is 12.1 Å². The Bertz CT molecular complexity index is 853. The van der Waals surface area contributed by atoms with Crippen LogP contribution >= 0.6 is 0 Å². The average molecular weight is 352 g/mol.